The molecule has 5 atom stereocenters. The first-order valence-corrected chi connectivity index (χ1v) is 9.87. The molecule has 0 aliphatic heterocycles. The fourth-order valence-corrected chi connectivity index (χ4v) is 6.24. The lowest BCUT2D eigenvalue weighted by molar-refractivity contribution is 0.0928. The van der Waals surface area contributed by atoms with Crippen LogP contribution in [-0.2, 0) is 6.42 Å². The van der Waals surface area contributed by atoms with Crippen LogP contribution in [0.15, 0.2) is 23.3 Å². The first-order chi connectivity index (χ1) is 11.9. The fourth-order valence-electron chi connectivity index (χ4n) is 6.24. The standard InChI is InChI=1S/C22H32N2O/c1-14-12-20-19-8-6-15-13-16(25-5)7-9-17(15)18(19)10-11-22(20,2)21(14)23-24(3)4/h7,9,13-14,18-20H,6,8,10-12H2,1-5H3/t14-,18-,19-,20+,22+/m1/s1. The van der Waals surface area contributed by atoms with E-state index in [1.165, 1.54) is 43.4 Å². The number of hydrazone groups is 1. The molecule has 0 amide bonds. The largest absolute Gasteiger partial charge is 0.497 e. The van der Waals surface area contributed by atoms with Gasteiger partial charge in [0, 0.05) is 25.2 Å². The summed E-state index contributed by atoms with van der Waals surface area (Å²) in [6.07, 6.45) is 6.43. The van der Waals surface area contributed by atoms with Crippen LogP contribution in [0.3, 0.4) is 0 Å². The van der Waals surface area contributed by atoms with Crippen LogP contribution in [0.2, 0.25) is 0 Å². The van der Waals surface area contributed by atoms with E-state index in [-0.39, 0.29) is 0 Å². The van der Waals surface area contributed by atoms with Gasteiger partial charge >= 0.3 is 0 Å². The molecule has 3 aliphatic carbocycles. The SMILES string of the molecule is COc1ccc2c(c1)CC[C@@H]1[C@@H]2CC[C@]2(C)C(=NN(C)C)[C@H](C)C[C@@H]12. The van der Waals surface area contributed by atoms with E-state index in [1.807, 2.05) is 5.01 Å². The first-order valence-electron chi connectivity index (χ1n) is 9.87. The molecule has 25 heavy (non-hydrogen) atoms. The number of hydrogen-bond acceptors (Lipinski definition) is 3. The van der Waals surface area contributed by atoms with E-state index in [0.29, 0.717) is 11.3 Å². The van der Waals surface area contributed by atoms with Crippen molar-refractivity contribution in [3.8, 4) is 5.75 Å². The average Bonchev–Trinajstić information content (AvgIpc) is 2.85. The molecule has 0 unspecified atom stereocenters. The Hall–Kier alpha value is -1.51. The molecule has 0 bridgehead atoms. The van der Waals surface area contributed by atoms with Gasteiger partial charge in [0.15, 0.2) is 0 Å². The fraction of sp³-hybridized carbons (Fsp3) is 0.682. The molecule has 2 saturated carbocycles. The van der Waals surface area contributed by atoms with E-state index in [4.69, 9.17) is 9.84 Å². The molecule has 136 valence electrons. The monoisotopic (exact) mass is 340 g/mol. The minimum Gasteiger partial charge on any atom is -0.497 e. The highest BCUT2D eigenvalue weighted by Gasteiger charge is 2.55. The van der Waals surface area contributed by atoms with Crippen LogP contribution in [0.25, 0.3) is 0 Å². The van der Waals surface area contributed by atoms with Gasteiger partial charge < -0.3 is 9.75 Å². The normalized spacial score (nSPS) is 38.0. The topological polar surface area (TPSA) is 24.8 Å². The van der Waals surface area contributed by atoms with E-state index in [9.17, 15) is 0 Å². The number of ether oxygens (including phenoxy) is 1. The Kier molecular flexibility index (Phi) is 4.09. The molecule has 1 aromatic rings. The summed E-state index contributed by atoms with van der Waals surface area (Å²) in [5.41, 5.74) is 4.89. The van der Waals surface area contributed by atoms with Gasteiger partial charge in [0.2, 0.25) is 0 Å². The van der Waals surface area contributed by atoms with Crippen molar-refractivity contribution in [2.24, 2.45) is 28.3 Å². The third-order valence-corrected chi connectivity index (χ3v) is 7.29. The molecule has 2 fully saturated rings. The van der Waals surface area contributed by atoms with Gasteiger partial charge in [-0.3, -0.25) is 0 Å². The average molecular weight is 341 g/mol. The highest BCUT2D eigenvalue weighted by Crippen LogP contribution is 2.61. The maximum absolute atomic E-state index is 5.45. The second-order valence-corrected chi connectivity index (χ2v) is 8.91. The van der Waals surface area contributed by atoms with Crippen molar-refractivity contribution in [3.05, 3.63) is 29.3 Å². The number of aryl methyl sites for hydroxylation is 1. The Labute approximate surface area is 152 Å². The maximum Gasteiger partial charge on any atom is 0.119 e. The molecular formula is C22H32N2O. The lowest BCUT2D eigenvalue weighted by atomic mass is 9.55. The zero-order valence-corrected chi connectivity index (χ0v) is 16.4. The van der Waals surface area contributed by atoms with Crippen LogP contribution in [0.5, 0.6) is 5.75 Å². The molecule has 3 nitrogen and oxygen atoms in total. The smallest absolute Gasteiger partial charge is 0.119 e. The summed E-state index contributed by atoms with van der Waals surface area (Å²) in [5.74, 6) is 3.96. The van der Waals surface area contributed by atoms with E-state index in [0.717, 1.165) is 23.5 Å². The zero-order chi connectivity index (χ0) is 17.8. The van der Waals surface area contributed by atoms with Crippen molar-refractivity contribution in [1.82, 2.24) is 5.01 Å². The molecule has 0 heterocycles. The Morgan fingerprint density at radius 2 is 2.04 bits per heavy atom. The van der Waals surface area contributed by atoms with Crippen molar-refractivity contribution in [2.75, 3.05) is 21.2 Å². The number of methoxy groups -OCH3 is 1. The van der Waals surface area contributed by atoms with Crippen molar-refractivity contribution in [1.29, 1.82) is 0 Å². The van der Waals surface area contributed by atoms with Crippen molar-refractivity contribution in [3.63, 3.8) is 0 Å². The minimum absolute atomic E-state index is 0.300. The Balaban J connectivity index is 1.68. The van der Waals surface area contributed by atoms with Gasteiger partial charge in [-0.05, 0) is 79.0 Å². The number of hydrogen-bond donors (Lipinski definition) is 0. The second-order valence-electron chi connectivity index (χ2n) is 8.91. The third kappa shape index (κ3) is 2.58. The number of fused-ring (bicyclic) bond motifs is 5. The van der Waals surface area contributed by atoms with E-state index >= 15 is 0 Å². The molecule has 3 heteroatoms. The number of benzene rings is 1. The zero-order valence-electron chi connectivity index (χ0n) is 16.4. The van der Waals surface area contributed by atoms with Crippen LogP contribution in [0.1, 0.15) is 56.6 Å². The molecule has 0 radical (unpaired) electrons. The van der Waals surface area contributed by atoms with Gasteiger partial charge in [-0.25, -0.2) is 0 Å². The summed E-state index contributed by atoms with van der Waals surface area (Å²) in [5, 5.41) is 6.96. The van der Waals surface area contributed by atoms with Gasteiger partial charge in [0.25, 0.3) is 0 Å². The molecule has 1 aromatic carbocycles. The number of nitrogens with zero attached hydrogens (tertiary/aromatic N) is 2. The summed E-state index contributed by atoms with van der Waals surface area (Å²) in [4.78, 5) is 0. The maximum atomic E-state index is 5.45. The summed E-state index contributed by atoms with van der Waals surface area (Å²) in [6, 6.07) is 6.78. The van der Waals surface area contributed by atoms with Gasteiger partial charge in [0.05, 0.1) is 7.11 Å². The molecule has 4 rings (SSSR count). The second kappa shape index (κ2) is 6.03. The summed E-state index contributed by atoms with van der Waals surface area (Å²) in [7, 11) is 5.89. The lowest BCUT2D eigenvalue weighted by Crippen LogP contribution is -2.43. The van der Waals surface area contributed by atoms with E-state index in [1.54, 1.807) is 12.7 Å². The molecule has 0 spiro atoms. The summed E-state index contributed by atoms with van der Waals surface area (Å²) in [6.45, 7) is 4.89. The van der Waals surface area contributed by atoms with Crippen molar-refractivity contribution >= 4 is 5.71 Å². The van der Waals surface area contributed by atoms with E-state index in [2.05, 4.69) is 46.1 Å². The van der Waals surface area contributed by atoms with Crippen molar-refractivity contribution < 1.29 is 4.74 Å². The summed E-state index contributed by atoms with van der Waals surface area (Å²) < 4.78 is 5.45. The predicted octanol–water partition coefficient (Wildman–Crippen LogP) is 4.71. The van der Waals surface area contributed by atoms with Gasteiger partial charge in [-0.2, -0.15) is 5.10 Å². The highest BCUT2D eigenvalue weighted by atomic mass is 16.5. The lowest BCUT2D eigenvalue weighted by Gasteiger charge is -2.49. The molecular weight excluding hydrogens is 308 g/mol. The number of rotatable bonds is 2. The van der Waals surface area contributed by atoms with Gasteiger partial charge in [-0.1, -0.05) is 19.9 Å². The highest BCUT2D eigenvalue weighted by molar-refractivity contribution is 5.94. The Bertz CT molecular complexity index is 695. The van der Waals surface area contributed by atoms with E-state index < -0.39 is 0 Å². The summed E-state index contributed by atoms with van der Waals surface area (Å²) >= 11 is 0. The molecule has 0 saturated heterocycles. The Morgan fingerprint density at radius 1 is 1.24 bits per heavy atom. The van der Waals surface area contributed by atoms with Crippen molar-refractivity contribution in [2.45, 2.75) is 51.9 Å². The van der Waals surface area contributed by atoms with Crippen LogP contribution < -0.4 is 4.74 Å². The third-order valence-electron chi connectivity index (χ3n) is 7.29. The molecule has 0 N–H and O–H groups in total. The van der Waals surface area contributed by atoms with Crippen LogP contribution in [-0.4, -0.2) is 31.9 Å². The van der Waals surface area contributed by atoms with Gasteiger partial charge in [0.1, 0.15) is 5.75 Å². The molecule has 0 aromatic heterocycles. The first kappa shape index (κ1) is 16.9. The molecule has 3 aliphatic rings. The van der Waals surface area contributed by atoms with Crippen LogP contribution in [0.4, 0.5) is 0 Å². The van der Waals surface area contributed by atoms with Crippen LogP contribution in [0, 0.1) is 23.2 Å². The van der Waals surface area contributed by atoms with Crippen LogP contribution >= 0.6 is 0 Å². The Morgan fingerprint density at radius 3 is 2.76 bits per heavy atom. The quantitative estimate of drug-likeness (QED) is 0.728. The van der Waals surface area contributed by atoms with Gasteiger partial charge in [-0.15, -0.1) is 0 Å². The minimum atomic E-state index is 0.300. The predicted molar refractivity (Wildman–Crippen MR) is 103 cm³/mol.